The molecule has 21 heavy (non-hydrogen) atoms. The van der Waals surface area contributed by atoms with Gasteiger partial charge >= 0.3 is 6.18 Å². The van der Waals surface area contributed by atoms with Crippen molar-refractivity contribution in [1.82, 2.24) is 0 Å². The summed E-state index contributed by atoms with van der Waals surface area (Å²) in [6.07, 6.45) is -4.40. The van der Waals surface area contributed by atoms with Crippen molar-refractivity contribution in [2.75, 3.05) is 5.32 Å². The van der Waals surface area contributed by atoms with E-state index in [0.717, 1.165) is 22.2 Å². The largest absolute Gasteiger partial charge is 0.416 e. The lowest BCUT2D eigenvalue weighted by Gasteiger charge is -2.12. The average molecular weight is 399 g/mol. The van der Waals surface area contributed by atoms with Gasteiger partial charge in [0, 0.05) is 11.0 Å². The van der Waals surface area contributed by atoms with Gasteiger partial charge in [-0.1, -0.05) is 29.3 Å². The Morgan fingerprint density at radius 3 is 2.29 bits per heavy atom. The maximum Gasteiger partial charge on any atom is 0.416 e. The maximum atomic E-state index is 12.7. The molecule has 0 amide bonds. The van der Waals surface area contributed by atoms with Crippen LogP contribution in [-0.4, -0.2) is 0 Å². The summed E-state index contributed by atoms with van der Waals surface area (Å²) >= 11 is 15.1. The lowest BCUT2D eigenvalue weighted by molar-refractivity contribution is -0.137. The summed E-state index contributed by atoms with van der Waals surface area (Å²) in [7, 11) is 0. The first kappa shape index (κ1) is 16.5. The number of hydrogen-bond acceptors (Lipinski definition) is 1. The van der Waals surface area contributed by atoms with Crippen LogP contribution in [0.5, 0.6) is 0 Å². The minimum Gasteiger partial charge on any atom is -0.380 e. The van der Waals surface area contributed by atoms with Crippen LogP contribution < -0.4 is 5.32 Å². The van der Waals surface area contributed by atoms with Gasteiger partial charge in [0.05, 0.1) is 21.3 Å². The molecule has 112 valence electrons. The summed E-state index contributed by atoms with van der Waals surface area (Å²) in [5.41, 5.74) is 0.351. The summed E-state index contributed by atoms with van der Waals surface area (Å²) in [5.74, 6) is 0. The summed E-state index contributed by atoms with van der Waals surface area (Å²) < 4.78 is 38.7. The molecule has 0 saturated heterocycles. The zero-order chi connectivity index (χ0) is 15.6. The predicted octanol–water partition coefficient (Wildman–Crippen LogP) is 6.39. The molecule has 2 rings (SSSR count). The lowest BCUT2D eigenvalue weighted by atomic mass is 10.1. The smallest absolute Gasteiger partial charge is 0.380 e. The van der Waals surface area contributed by atoms with Crippen molar-refractivity contribution in [3.8, 4) is 0 Å². The van der Waals surface area contributed by atoms with E-state index in [9.17, 15) is 13.2 Å². The molecule has 0 spiro atoms. The van der Waals surface area contributed by atoms with Crippen molar-refractivity contribution < 1.29 is 13.2 Å². The highest BCUT2D eigenvalue weighted by Crippen LogP contribution is 2.34. The van der Waals surface area contributed by atoms with E-state index in [2.05, 4.69) is 21.2 Å². The van der Waals surface area contributed by atoms with Crippen LogP contribution in [0, 0.1) is 0 Å². The SMILES string of the molecule is FC(F)(F)c1ccc(Cl)c(NCc2ccc(Cl)c(Br)c2)c1. The van der Waals surface area contributed by atoms with Gasteiger partial charge in [0.15, 0.2) is 0 Å². The van der Waals surface area contributed by atoms with Crippen molar-refractivity contribution >= 4 is 44.8 Å². The van der Waals surface area contributed by atoms with Crippen LogP contribution in [0.3, 0.4) is 0 Å². The third-order valence-electron chi connectivity index (χ3n) is 2.76. The average Bonchev–Trinajstić information content (AvgIpc) is 2.40. The van der Waals surface area contributed by atoms with Gasteiger partial charge < -0.3 is 5.32 Å². The number of hydrogen-bond donors (Lipinski definition) is 1. The van der Waals surface area contributed by atoms with Crippen LogP contribution >= 0.6 is 39.1 Å². The Hall–Kier alpha value is -0.910. The highest BCUT2D eigenvalue weighted by molar-refractivity contribution is 9.10. The second-order valence-corrected chi connectivity index (χ2v) is 5.96. The molecule has 0 heterocycles. The van der Waals surface area contributed by atoms with Gasteiger partial charge in [-0.3, -0.25) is 0 Å². The Labute approximate surface area is 138 Å². The topological polar surface area (TPSA) is 12.0 Å². The summed E-state index contributed by atoms with van der Waals surface area (Å²) in [6.45, 7) is 0.330. The molecular formula is C14H9BrCl2F3N. The van der Waals surface area contributed by atoms with Crippen molar-refractivity contribution in [3.63, 3.8) is 0 Å². The van der Waals surface area contributed by atoms with Gasteiger partial charge in [0.25, 0.3) is 0 Å². The minimum atomic E-state index is -4.40. The van der Waals surface area contributed by atoms with Crippen molar-refractivity contribution in [1.29, 1.82) is 0 Å². The first-order chi connectivity index (χ1) is 9.77. The monoisotopic (exact) mass is 397 g/mol. The number of nitrogens with one attached hydrogen (secondary N) is 1. The number of rotatable bonds is 3. The van der Waals surface area contributed by atoms with Crippen molar-refractivity contribution in [3.05, 3.63) is 62.0 Å². The summed E-state index contributed by atoms with van der Waals surface area (Å²) in [4.78, 5) is 0. The Morgan fingerprint density at radius 2 is 1.67 bits per heavy atom. The van der Waals surface area contributed by atoms with Gasteiger partial charge in [0.2, 0.25) is 0 Å². The van der Waals surface area contributed by atoms with Gasteiger partial charge in [-0.15, -0.1) is 0 Å². The second kappa shape index (κ2) is 6.46. The van der Waals surface area contributed by atoms with Gasteiger partial charge in [-0.25, -0.2) is 0 Å². The molecule has 0 aliphatic rings. The van der Waals surface area contributed by atoms with E-state index in [-0.39, 0.29) is 10.7 Å². The van der Waals surface area contributed by atoms with Crippen molar-refractivity contribution in [2.24, 2.45) is 0 Å². The molecule has 7 heteroatoms. The molecule has 1 nitrogen and oxygen atoms in total. The molecule has 0 unspecified atom stereocenters. The Kier molecular flexibility index (Phi) is 5.07. The molecule has 0 atom stereocenters. The standard InChI is InChI=1S/C14H9BrCl2F3N/c15-10-5-8(1-3-11(10)16)7-21-13-6-9(14(18,19)20)2-4-12(13)17/h1-6,21H,7H2. The van der Waals surface area contributed by atoms with Gasteiger partial charge in [-0.2, -0.15) is 13.2 Å². The molecule has 0 aromatic heterocycles. The second-order valence-electron chi connectivity index (χ2n) is 4.29. The molecule has 2 aromatic rings. The Morgan fingerprint density at radius 1 is 1.00 bits per heavy atom. The quantitative estimate of drug-likeness (QED) is 0.631. The normalized spacial score (nSPS) is 11.5. The molecule has 1 N–H and O–H groups in total. The van der Waals surface area contributed by atoms with Gasteiger partial charge in [-0.05, 0) is 51.8 Å². The fourth-order valence-electron chi connectivity index (χ4n) is 1.68. The van der Waals surface area contributed by atoms with Crippen LogP contribution in [-0.2, 0) is 12.7 Å². The van der Waals surface area contributed by atoms with Crippen LogP contribution in [0.25, 0.3) is 0 Å². The molecule has 0 saturated carbocycles. The highest BCUT2D eigenvalue weighted by atomic mass is 79.9. The zero-order valence-electron chi connectivity index (χ0n) is 10.4. The maximum absolute atomic E-state index is 12.7. The first-order valence-corrected chi connectivity index (χ1v) is 7.37. The number of anilines is 1. The first-order valence-electron chi connectivity index (χ1n) is 5.82. The van der Waals surface area contributed by atoms with E-state index >= 15 is 0 Å². The van der Waals surface area contributed by atoms with E-state index in [1.807, 2.05) is 0 Å². The third-order valence-corrected chi connectivity index (χ3v) is 4.30. The summed E-state index contributed by atoms with van der Waals surface area (Å²) in [6, 6.07) is 8.44. The van der Waals surface area contributed by atoms with Crippen LogP contribution in [0.1, 0.15) is 11.1 Å². The Bertz CT molecular complexity index is 659. The van der Waals surface area contributed by atoms with Crippen LogP contribution in [0.15, 0.2) is 40.9 Å². The predicted molar refractivity (Wildman–Crippen MR) is 82.9 cm³/mol. The van der Waals surface area contributed by atoms with E-state index in [4.69, 9.17) is 23.2 Å². The molecule has 0 fully saturated rings. The molecule has 0 aliphatic heterocycles. The number of benzene rings is 2. The molecule has 2 aromatic carbocycles. The van der Waals surface area contributed by atoms with Gasteiger partial charge in [0.1, 0.15) is 0 Å². The van der Waals surface area contributed by atoms with E-state index < -0.39 is 11.7 Å². The zero-order valence-corrected chi connectivity index (χ0v) is 13.5. The molecule has 0 radical (unpaired) electrons. The van der Waals surface area contributed by atoms with Crippen LogP contribution in [0.2, 0.25) is 10.0 Å². The summed E-state index contributed by atoms with van der Waals surface area (Å²) in [5, 5.41) is 3.69. The van der Waals surface area contributed by atoms with Crippen LogP contribution in [0.4, 0.5) is 18.9 Å². The van der Waals surface area contributed by atoms with E-state index in [1.54, 1.807) is 18.2 Å². The lowest BCUT2D eigenvalue weighted by Crippen LogP contribution is -2.07. The fourth-order valence-corrected chi connectivity index (χ4v) is 2.41. The van der Waals surface area contributed by atoms with E-state index in [1.165, 1.54) is 6.07 Å². The minimum absolute atomic E-state index is 0.232. The van der Waals surface area contributed by atoms with E-state index in [0.29, 0.717) is 11.6 Å². The van der Waals surface area contributed by atoms with Crippen molar-refractivity contribution in [2.45, 2.75) is 12.7 Å². The number of alkyl halides is 3. The number of halogens is 6. The Balaban J connectivity index is 2.17. The molecule has 0 bridgehead atoms. The molecular weight excluding hydrogens is 390 g/mol. The molecule has 0 aliphatic carbocycles. The fraction of sp³-hybridized carbons (Fsp3) is 0.143. The highest BCUT2D eigenvalue weighted by Gasteiger charge is 2.30. The third kappa shape index (κ3) is 4.28.